The van der Waals surface area contributed by atoms with Gasteiger partial charge in [-0.25, -0.2) is 4.98 Å². The van der Waals surface area contributed by atoms with Crippen LogP contribution in [0.3, 0.4) is 0 Å². The van der Waals surface area contributed by atoms with E-state index in [1.165, 1.54) is 0 Å². The molecule has 1 heterocycles. The second-order valence-electron chi connectivity index (χ2n) is 6.44. The standard InChI is InChI=1S/C15H19F3N2O2/c1-13(5-7-14(2,22)8-6-13)12(21)20-11-4-3-10(9-19-11)15(16,17)18/h3-4,9,22H,5-8H2,1-2H3,(H,19,20,21). The highest BCUT2D eigenvalue weighted by Gasteiger charge is 2.41. The number of carbonyl (C=O) groups excluding carboxylic acids is 1. The molecule has 1 amide bonds. The fourth-order valence-corrected chi connectivity index (χ4v) is 2.47. The van der Waals surface area contributed by atoms with Crippen LogP contribution < -0.4 is 5.32 Å². The summed E-state index contributed by atoms with van der Waals surface area (Å²) >= 11 is 0. The van der Waals surface area contributed by atoms with Crippen LogP contribution in [0, 0.1) is 5.41 Å². The second kappa shape index (κ2) is 5.53. The Labute approximate surface area is 126 Å². The van der Waals surface area contributed by atoms with E-state index >= 15 is 0 Å². The molecule has 122 valence electrons. The van der Waals surface area contributed by atoms with Crippen molar-refractivity contribution in [3.8, 4) is 0 Å². The van der Waals surface area contributed by atoms with E-state index in [4.69, 9.17) is 0 Å². The maximum atomic E-state index is 12.5. The van der Waals surface area contributed by atoms with E-state index in [2.05, 4.69) is 10.3 Å². The predicted octanol–water partition coefficient (Wildman–Crippen LogP) is 3.37. The summed E-state index contributed by atoms with van der Waals surface area (Å²) in [4.78, 5) is 16.0. The maximum Gasteiger partial charge on any atom is 0.417 e. The molecule has 7 heteroatoms. The second-order valence-corrected chi connectivity index (χ2v) is 6.44. The van der Waals surface area contributed by atoms with Gasteiger partial charge < -0.3 is 10.4 Å². The zero-order valence-corrected chi connectivity index (χ0v) is 12.5. The first-order valence-electron chi connectivity index (χ1n) is 7.09. The van der Waals surface area contributed by atoms with Crippen LogP contribution in [-0.2, 0) is 11.0 Å². The molecular formula is C15H19F3N2O2. The molecule has 0 aliphatic heterocycles. The average Bonchev–Trinajstić information content (AvgIpc) is 2.42. The zero-order valence-electron chi connectivity index (χ0n) is 12.5. The van der Waals surface area contributed by atoms with Crippen LogP contribution in [0.2, 0.25) is 0 Å². The molecule has 0 saturated heterocycles. The minimum Gasteiger partial charge on any atom is -0.390 e. The lowest BCUT2D eigenvalue weighted by Crippen LogP contribution is -2.42. The first kappa shape index (κ1) is 16.7. The van der Waals surface area contributed by atoms with Gasteiger partial charge in [0, 0.05) is 11.6 Å². The van der Waals surface area contributed by atoms with Crippen LogP contribution >= 0.6 is 0 Å². The van der Waals surface area contributed by atoms with Crippen LogP contribution in [0.25, 0.3) is 0 Å². The third-order valence-corrected chi connectivity index (χ3v) is 4.31. The smallest absolute Gasteiger partial charge is 0.390 e. The number of aliphatic hydroxyl groups is 1. The molecule has 1 aromatic rings. The SMILES string of the molecule is CC1(O)CCC(C)(C(=O)Nc2ccc(C(F)(F)F)cn2)CC1. The average molecular weight is 316 g/mol. The van der Waals surface area contributed by atoms with Gasteiger partial charge in [0.05, 0.1) is 11.2 Å². The van der Waals surface area contributed by atoms with Gasteiger partial charge in [0.25, 0.3) is 0 Å². The highest BCUT2D eigenvalue weighted by molar-refractivity contribution is 5.94. The number of nitrogens with one attached hydrogen (secondary N) is 1. The van der Waals surface area contributed by atoms with Gasteiger partial charge in [-0.2, -0.15) is 13.2 Å². The van der Waals surface area contributed by atoms with Crippen LogP contribution in [0.5, 0.6) is 0 Å². The molecule has 0 atom stereocenters. The highest BCUT2D eigenvalue weighted by atomic mass is 19.4. The van der Waals surface area contributed by atoms with Crippen molar-refractivity contribution in [2.75, 3.05) is 5.32 Å². The molecule has 1 aromatic heterocycles. The summed E-state index contributed by atoms with van der Waals surface area (Å²) in [5.74, 6) is -0.188. The minimum atomic E-state index is -4.45. The van der Waals surface area contributed by atoms with Crippen molar-refractivity contribution in [1.29, 1.82) is 0 Å². The van der Waals surface area contributed by atoms with Gasteiger partial charge in [-0.1, -0.05) is 6.92 Å². The number of anilines is 1. The number of halogens is 3. The molecule has 0 bridgehead atoms. The third-order valence-electron chi connectivity index (χ3n) is 4.31. The number of nitrogens with zero attached hydrogens (tertiary/aromatic N) is 1. The first-order valence-corrected chi connectivity index (χ1v) is 7.09. The van der Waals surface area contributed by atoms with Crippen molar-refractivity contribution < 1.29 is 23.1 Å². The third kappa shape index (κ3) is 3.76. The lowest BCUT2D eigenvalue weighted by atomic mass is 9.70. The molecule has 1 aliphatic carbocycles. The summed E-state index contributed by atoms with van der Waals surface area (Å²) in [7, 11) is 0. The van der Waals surface area contributed by atoms with Crippen molar-refractivity contribution in [1.82, 2.24) is 4.98 Å². The molecule has 0 spiro atoms. The summed E-state index contributed by atoms with van der Waals surface area (Å²) < 4.78 is 37.4. The maximum absolute atomic E-state index is 12.5. The molecule has 1 saturated carbocycles. The highest BCUT2D eigenvalue weighted by Crippen LogP contribution is 2.41. The minimum absolute atomic E-state index is 0.0940. The molecule has 0 radical (unpaired) electrons. The summed E-state index contributed by atoms with van der Waals surface area (Å²) in [6, 6.07) is 2.03. The summed E-state index contributed by atoms with van der Waals surface area (Å²) in [6.07, 6.45) is -1.69. The Morgan fingerprint density at radius 3 is 2.27 bits per heavy atom. The Balaban J connectivity index is 2.03. The molecule has 4 nitrogen and oxygen atoms in total. The van der Waals surface area contributed by atoms with Gasteiger partial charge in [-0.05, 0) is 44.7 Å². The Hall–Kier alpha value is -1.63. The molecule has 0 aromatic carbocycles. The normalized spacial score (nSPS) is 29.2. The number of hydrogen-bond acceptors (Lipinski definition) is 3. The molecule has 1 aliphatic rings. The van der Waals surface area contributed by atoms with Crippen molar-refractivity contribution in [3.05, 3.63) is 23.9 Å². The summed E-state index contributed by atoms with van der Waals surface area (Å²) in [6.45, 7) is 3.53. The van der Waals surface area contributed by atoms with E-state index in [1.807, 2.05) is 0 Å². The largest absolute Gasteiger partial charge is 0.417 e. The number of rotatable bonds is 2. The predicted molar refractivity (Wildman–Crippen MR) is 75.1 cm³/mol. The van der Waals surface area contributed by atoms with Gasteiger partial charge in [-0.3, -0.25) is 4.79 Å². The van der Waals surface area contributed by atoms with Crippen molar-refractivity contribution in [3.63, 3.8) is 0 Å². The molecule has 0 unspecified atom stereocenters. The van der Waals surface area contributed by atoms with E-state index in [1.54, 1.807) is 13.8 Å². The first-order chi connectivity index (χ1) is 10.0. The molecule has 2 rings (SSSR count). The molecule has 22 heavy (non-hydrogen) atoms. The van der Waals surface area contributed by atoms with Gasteiger partial charge in [-0.15, -0.1) is 0 Å². The van der Waals surface area contributed by atoms with Crippen molar-refractivity contribution in [2.45, 2.75) is 51.3 Å². The van der Waals surface area contributed by atoms with Gasteiger partial charge >= 0.3 is 6.18 Å². The molecular weight excluding hydrogens is 297 g/mol. The zero-order chi connectivity index (χ0) is 16.6. The number of hydrogen-bond donors (Lipinski definition) is 2. The quantitative estimate of drug-likeness (QED) is 0.879. The fourth-order valence-electron chi connectivity index (χ4n) is 2.47. The van der Waals surface area contributed by atoms with E-state index in [0.717, 1.165) is 12.1 Å². The Bertz CT molecular complexity index is 543. The number of carbonyl (C=O) groups is 1. The van der Waals surface area contributed by atoms with E-state index < -0.39 is 22.8 Å². The number of pyridine rings is 1. The van der Waals surface area contributed by atoms with E-state index in [-0.39, 0.29) is 11.7 Å². The van der Waals surface area contributed by atoms with Gasteiger partial charge in [0.1, 0.15) is 5.82 Å². The Morgan fingerprint density at radius 2 is 1.82 bits per heavy atom. The Morgan fingerprint density at radius 1 is 1.23 bits per heavy atom. The van der Waals surface area contributed by atoms with Gasteiger partial charge in [0.15, 0.2) is 0 Å². The van der Waals surface area contributed by atoms with Crippen LogP contribution in [-0.4, -0.2) is 21.6 Å². The van der Waals surface area contributed by atoms with Crippen LogP contribution in [0.15, 0.2) is 18.3 Å². The number of amides is 1. The lowest BCUT2D eigenvalue weighted by molar-refractivity contribution is -0.137. The van der Waals surface area contributed by atoms with E-state index in [0.29, 0.717) is 31.9 Å². The van der Waals surface area contributed by atoms with E-state index in [9.17, 15) is 23.1 Å². The number of aromatic nitrogens is 1. The summed E-state index contributed by atoms with van der Waals surface area (Å²) in [5, 5.41) is 12.5. The van der Waals surface area contributed by atoms with Crippen LogP contribution in [0.1, 0.15) is 45.1 Å². The summed E-state index contributed by atoms with van der Waals surface area (Å²) in [5.41, 5.74) is -2.26. The fraction of sp³-hybridized carbons (Fsp3) is 0.600. The van der Waals surface area contributed by atoms with Crippen molar-refractivity contribution >= 4 is 11.7 Å². The van der Waals surface area contributed by atoms with Gasteiger partial charge in [0.2, 0.25) is 5.91 Å². The van der Waals surface area contributed by atoms with Crippen LogP contribution in [0.4, 0.5) is 19.0 Å². The monoisotopic (exact) mass is 316 g/mol. The number of alkyl halides is 3. The lowest BCUT2D eigenvalue weighted by Gasteiger charge is -2.39. The Kier molecular flexibility index (Phi) is 4.21. The van der Waals surface area contributed by atoms with Crippen molar-refractivity contribution in [2.24, 2.45) is 5.41 Å². The topological polar surface area (TPSA) is 62.2 Å². The molecule has 2 N–H and O–H groups in total. The molecule has 1 fully saturated rings.